The number of hydrogen-bond donors (Lipinski definition) is 1. The van der Waals surface area contributed by atoms with E-state index in [2.05, 4.69) is 38.2 Å². The van der Waals surface area contributed by atoms with Crippen molar-refractivity contribution < 1.29 is 9.18 Å². The number of anilines is 1. The van der Waals surface area contributed by atoms with Gasteiger partial charge in [-0.25, -0.2) is 9.37 Å². The molecule has 0 saturated heterocycles. The number of fused-ring (bicyclic) bond motifs is 1. The van der Waals surface area contributed by atoms with Crippen LogP contribution in [-0.2, 0) is 17.6 Å². The Kier molecular flexibility index (Phi) is 6.87. The highest BCUT2D eigenvalue weighted by Gasteiger charge is 2.33. The summed E-state index contributed by atoms with van der Waals surface area (Å²) in [6.07, 6.45) is 2.84. The fourth-order valence-corrected chi connectivity index (χ4v) is 5.85. The second-order valence-corrected chi connectivity index (χ2v) is 11.2. The maximum Gasteiger partial charge on any atom is 0.234 e. The molecule has 0 unspecified atom stereocenters. The molecule has 0 fully saturated rings. The van der Waals surface area contributed by atoms with E-state index in [1.807, 2.05) is 11.4 Å². The first-order valence-electron chi connectivity index (χ1n) is 10.9. The molecular formula is C26H26FN3OS2. The highest BCUT2D eigenvalue weighted by Crippen LogP contribution is 2.44. The monoisotopic (exact) mass is 479 g/mol. The molecule has 1 aromatic carbocycles. The molecule has 0 aliphatic heterocycles. The maximum atomic E-state index is 13.1. The Labute approximate surface area is 202 Å². The number of pyridine rings is 1. The molecule has 1 N–H and O–H groups in total. The van der Waals surface area contributed by atoms with Crippen molar-refractivity contribution in [2.75, 3.05) is 11.1 Å². The lowest BCUT2D eigenvalue weighted by atomic mass is 9.70. The molecular weight excluding hydrogens is 453 g/mol. The number of benzene rings is 1. The van der Waals surface area contributed by atoms with E-state index in [-0.39, 0.29) is 22.9 Å². The summed E-state index contributed by atoms with van der Waals surface area (Å²) in [5.74, 6) is 0.0680. The van der Waals surface area contributed by atoms with Gasteiger partial charge in [0.05, 0.1) is 11.3 Å². The van der Waals surface area contributed by atoms with Crippen LogP contribution in [0.1, 0.15) is 44.0 Å². The predicted octanol–water partition coefficient (Wildman–Crippen LogP) is 6.70. The summed E-state index contributed by atoms with van der Waals surface area (Å²) in [7, 11) is 0. The zero-order valence-corrected chi connectivity index (χ0v) is 20.6. The van der Waals surface area contributed by atoms with Gasteiger partial charge in [0, 0.05) is 21.8 Å². The van der Waals surface area contributed by atoms with Crippen molar-refractivity contribution in [2.24, 2.45) is 11.3 Å². The molecule has 33 heavy (non-hydrogen) atoms. The summed E-state index contributed by atoms with van der Waals surface area (Å²) in [6.45, 7) is 6.82. The van der Waals surface area contributed by atoms with Crippen LogP contribution in [0.5, 0.6) is 0 Å². The first-order chi connectivity index (χ1) is 15.8. The molecule has 0 spiro atoms. The van der Waals surface area contributed by atoms with Crippen LogP contribution in [-0.4, -0.2) is 16.6 Å². The standard InChI is InChI=1S/C26H26FN3OS2/c1-26(2,3)16-6-11-21-19(13-16)24(22-5-4-12-32-22)20(14-28)25(30-21)33-15-23(31)29-18-9-7-17(27)8-10-18/h4-5,7-10,12,16H,6,11,13,15H2,1-3H3,(H,29,31)/t16-/m1/s1. The number of thioether (sulfide) groups is 1. The van der Waals surface area contributed by atoms with Gasteiger partial charge in [-0.05, 0) is 71.9 Å². The largest absolute Gasteiger partial charge is 0.325 e. The van der Waals surface area contributed by atoms with Crippen molar-refractivity contribution >= 4 is 34.7 Å². The van der Waals surface area contributed by atoms with E-state index in [0.717, 1.165) is 35.4 Å². The molecule has 2 heterocycles. The van der Waals surface area contributed by atoms with E-state index in [0.29, 0.717) is 22.2 Å². The average Bonchev–Trinajstić information content (AvgIpc) is 3.31. The fraction of sp³-hybridized carbons (Fsp3) is 0.346. The van der Waals surface area contributed by atoms with Gasteiger partial charge < -0.3 is 5.32 Å². The molecule has 1 atom stereocenters. The number of nitrogens with one attached hydrogen (secondary N) is 1. The number of nitriles is 1. The maximum absolute atomic E-state index is 13.1. The molecule has 4 rings (SSSR count). The second kappa shape index (κ2) is 9.66. The van der Waals surface area contributed by atoms with Gasteiger partial charge >= 0.3 is 0 Å². The van der Waals surface area contributed by atoms with Crippen LogP contribution in [0.3, 0.4) is 0 Å². The van der Waals surface area contributed by atoms with Crippen LogP contribution in [0.2, 0.25) is 0 Å². The minimum Gasteiger partial charge on any atom is -0.325 e. The van der Waals surface area contributed by atoms with Crippen molar-refractivity contribution in [3.8, 4) is 16.5 Å². The number of halogens is 1. The average molecular weight is 480 g/mol. The first kappa shape index (κ1) is 23.5. The zero-order valence-electron chi connectivity index (χ0n) is 18.9. The molecule has 0 saturated carbocycles. The summed E-state index contributed by atoms with van der Waals surface area (Å²) in [4.78, 5) is 18.4. The number of aromatic nitrogens is 1. The molecule has 170 valence electrons. The van der Waals surface area contributed by atoms with Crippen LogP contribution in [0.25, 0.3) is 10.4 Å². The van der Waals surface area contributed by atoms with Crippen LogP contribution in [0, 0.1) is 28.5 Å². The Bertz CT molecular complexity index is 1190. The molecule has 2 aromatic heterocycles. The lowest BCUT2D eigenvalue weighted by Crippen LogP contribution is -2.28. The lowest BCUT2D eigenvalue weighted by molar-refractivity contribution is -0.113. The van der Waals surface area contributed by atoms with Crippen LogP contribution >= 0.6 is 23.1 Å². The Morgan fingerprint density at radius 3 is 2.70 bits per heavy atom. The quantitative estimate of drug-likeness (QED) is 0.413. The van der Waals surface area contributed by atoms with E-state index in [1.165, 1.54) is 41.6 Å². The van der Waals surface area contributed by atoms with Crippen molar-refractivity contribution in [1.82, 2.24) is 4.98 Å². The Balaban J connectivity index is 1.64. The molecule has 4 nitrogen and oxygen atoms in total. The smallest absolute Gasteiger partial charge is 0.234 e. The number of rotatable bonds is 5. The Hall–Kier alpha value is -2.69. The van der Waals surface area contributed by atoms with Crippen molar-refractivity contribution in [2.45, 2.75) is 45.1 Å². The van der Waals surface area contributed by atoms with Crippen molar-refractivity contribution in [3.63, 3.8) is 0 Å². The van der Waals surface area contributed by atoms with Crippen LogP contribution in [0.15, 0.2) is 46.8 Å². The molecule has 1 aliphatic rings. The number of thiophene rings is 1. The van der Waals surface area contributed by atoms with E-state index >= 15 is 0 Å². The summed E-state index contributed by atoms with van der Waals surface area (Å²) in [5, 5.41) is 15.5. The highest BCUT2D eigenvalue weighted by atomic mass is 32.2. The van der Waals surface area contributed by atoms with Gasteiger partial charge in [0.15, 0.2) is 0 Å². The van der Waals surface area contributed by atoms with E-state index in [1.54, 1.807) is 11.3 Å². The fourth-order valence-electron chi connectivity index (χ4n) is 4.24. The predicted molar refractivity (Wildman–Crippen MR) is 133 cm³/mol. The summed E-state index contributed by atoms with van der Waals surface area (Å²) in [6, 6.07) is 12.1. The lowest BCUT2D eigenvalue weighted by Gasteiger charge is -2.35. The molecule has 3 aromatic rings. The van der Waals surface area contributed by atoms with Crippen molar-refractivity contribution in [1.29, 1.82) is 5.26 Å². The number of carbonyl (C=O) groups excluding carboxylic acids is 1. The minimum atomic E-state index is -0.353. The summed E-state index contributed by atoms with van der Waals surface area (Å²) >= 11 is 2.90. The van der Waals surface area contributed by atoms with Crippen LogP contribution < -0.4 is 5.32 Å². The van der Waals surface area contributed by atoms with Crippen molar-refractivity contribution in [3.05, 3.63) is 64.4 Å². The second-order valence-electron chi connectivity index (χ2n) is 9.33. The van der Waals surface area contributed by atoms with E-state index < -0.39 is 0 Å². The SMILES string of the molecule is CC(C)(C)[C@@H]1CCc2nc(SCC(=O)Nc3ccc(F)cc3)c(C#N)c(-c3cccs3)c2C1. The topological polar surface area (TPSA) is 65.8 Å². The van der Waals surface area contributed by atoms with Gasteiger partial charge in [-0.3, -0.25) is 4.79 Å². The Morgan fingerprint density at radius 1 is 1.30 bits per heavy atom. The van der Waals surface area contributed by atoms with E-state index in [9.17, 15) is 14.4 Å². The molecule has 1 amide bonds. The molecule has 7 heteroatoms. The van der Waals surface area contributed by atoms with Gasteiger partial charge in [-0.1, -0.05) is 38.6 Å². The van der Waals surface area contributed by atoms with Crippen LogP contribution in [0.4, 0.5) is 10.1 Å². The van der Waals surface area contributed by atoms with Gasteiger partial charge in [0.2, 0.25) is 5.91 Å². The van der Waals surface area contributed by atoms with Gasteiger partial charge in [0.25, 0.3) is 0 Å². The first-order valence-corrected chi connectivity index (χ1v) is 12.8. The van der Waals surface area contributed by atoms with Gasteiger partial charge in [-0.2, -0.15) is 5.26 Å². The Morgan fingerprint density at radius 2 is 2.06 bits per heavy atom. The minimum absolute atomic E-state index is 0.117. The number of aryl methyl sites for hydroxylation is 1. The number of hydrogen-bond acceptors (Lipinski definition) is 5. The number of nitrogens with zero attached hydrogens (tertiary/aromatic N) is 2. The summed E-state index contributed by atoms with van der Waals surface area (Å²) < 4.78 is 13.1. The third-order valence-corrected chi connectivity index (χ3v) is 7.97. The number of amides is 1. The summed E-state index contributed by atoms with van der Waals surface area (Å²) in [5.41, 5.74) is 4.47. The third kappa shape index (κ3) is 5.29. The normalized spacial score (nSPS) is 15.5. The molecule has 0 radical (unpaired) electrons. The molecule has 0 bridgehead atoms. The number of carbonyl (C=O) groups is 1. The van der Waals surface area contributed by atoms with Gasteiger partial charge in [0.1, 0.15) is 16.9 Å². The molecule has 1 aliphatic carbocycles. The zero-order chi connectivity index (χ0) is 23.6. The van der Waals surface area contributed by atoms with E-state index in [4.69, 9.17) is 4.98 Å². The van der Waals surface area contributed by atoms with Gasteiger partial charge in [-0.15, -0.1) is 11.3 Å². The highest BCUT2D eigenvalue weighted by molar-refractivity contribution is 8.00. The third-order valence-electron chi connectivity index (χ3n) is 6.10.